The zero-order chi connectivity index (χ0) is 57.7. The first kappa shape index (κ1) is 66.3. The van der Waals surface area contributed by atoms with Gasteiger partial charge >= 0.3 is 12.2 Å². The summed E-state index contributed by atoms with van der Waals surface area (Å²) in [5.74, 6) is -1.48. The third-order valence-electron chi connectivity index (χ3n) is 11.6. The van der Waals surface area contributed by atoms with Crippen LogP contribution in [0.1, 0.15) is 79.9 Å². The van der Waals surface area contributed by atoms with Gasteiger partial charge in [-0.2, -0.15) is 0 Å². The van der Waals surface area contributed by atoms with Crippen molar-refractivity contribution in [2.75, 3.05) is 135 Å². The van der Waals surface area contributed by atoms with Crippen LogP contribution in [0.25, 0.3) is 10.8 Å². The van der Waals surface area contributed by atoms with Crippen molar-refractivity contribution in [3.05, 3.63) is 71.8 Å². The summed E-state index contributed by atoms with van der Waals surface area (Å²) in [6.07, 6.45) is -0.926. The Morgan fingerprint density at radius 1 is 0.608 bits per heavy atom. The molecule has 0 unspecified atom stereocenters. The molecular weight excluding hydrogens is 1050 g/mol. The number of alkyl carbamates (subject to hydrolysis) is 1. The van der Waals surface area contributed by atoms with Gasteiger partial charge < -0.3 is 73.4 Å². The minimum atomic E-state index is -1.04. The van der Waals surface area contributed by atoms with Gasteiger partial charge in [-0.15, -0.1) is 11.6 Å². The number of fused-ring (bicyclic) bond motifs is 3. The highest BCUT2D eigenvalue weighted by atomic mass is 35.5. The maximum atomic E-state index is 13.5. The first-order valence-corrected chi connectivity index (χ1v) is 27.6. The first-order chi connectivity index (χ1) is 37.7. The lowest BCUT2D eigenvalue weighted by molar-refractivity contribution is -0.132. The number of benzene rings is 3. The fourth-order valence-electron chi connectivity index (χ4n) is 7.78. The molecule has 4 N–H and O–H groups in total. The van der Waals surface area contributed by atoms with Gasteiger partial charge in [0, 0.05) is 24.2 Å². The van der Waals surface area contributed by atoms with E-state index in [-0.39, 0.29) is 50.5 Å². The second-order valence-corrected chi connectivity index (χ2v) is 21.2. The molecule has 0 spiro atoms. The fourth-order valence-corrected chi connectivity index (χ4v) is 8.08. The number of nitrogens with one attached hydrogen (secondary N) is 4. The van der Waals surface area contributed by atoms with E-state index in [1.807, 2.05) is 69.3 Å². The second kappa shape index (κ2) is 34.8. The van der Waals surface area contributed by atoms with Crippen LogP contribution in [0.15, 0.2) is 60.7 Å². The Morgan fingerprint density at radius 3 is 1.62 bits per heavy atom. The number of rotatable bonds is 37. The van der Waals surface area contributed by atoms with Crippen LogP contribution in [-0.4, -0.2) is 178 Å². The average molecular weight is 1130 g/mol. The molecule has 0 aliphatic carbocycles. The molecule has 0 fully saturated rings. The highest BCUT2D eigenvalue weighted by Gasteiger charge is 2.48. The molecule has 442 valence electrons. The minimum absolute atomic E-state index is 0.0329. The molecule has 1 aliphatic heterocycles. The maximum absolute atomic E-state index is 13.5. The summed E-state index contributed by atoms with van der Waals surface area (Å²) in [6.45, 7) is 22.9. The van der Waals surface area contributed by atoms with Crippen LogP contribution in [0, 0.1) is 5.92 Å². The molecule has 0 saturated carbocycles. The highest BCUT2D eigenvalue weighted by molar-refractivity contribution is 6.19. The van der Waals surface area contributed by atoms with Crippen molar-refractivity contribution in [1.82, 2.24) is 16.0 Å². The monoisotopic (exact) mass is 1130 g/mol. The molecule has 0 saturated heterocycles. The molecule has 79 heavy (non-hydrogen) atoms. The second-order valence-electron chi connectivity index (χ2n) is 20.9. The summed E-state index contributed by atoms with van der Waals surface area (Å²) >= 11 is 6.74. The number of amides is 5. The molecular formula is C57H86ClN5O16. The van der Waals surface area contributed by atoms with Crippen molar-refractivity contribution in [3.63, 3.8) is 0 Å². The molecule has 0 radical (unpaired) electrons. The molecule has 3 aromatic rings. The summed E-state index contributed by atoms with van der Waals surface area (Å²) in [5.41, 5.74) is 0.536. The standard InChI is InChI=1S/C57H86ClN5O16/c1-41(2)50(62-48(64)20-22-69-24-26-71-28-30-73-32-34-75-36-37-76-35-33-74-31-29-72-27-25-70-23-21-59-53(67)78-55(4,5)6)52(66)60-42(3)51(65)61-45-17-14-43(15-18-45)38-77-57(39-58)40-63(54(68)79-56(7,8)9)47-19-16-44-12-10-11-13-46(44)49(47)57/h10-19,41-42,50H,20-40H2,1-9H3,(H,59,67)(H,60,66)(H,61,65)(H,62,64)/t42-,50-,57+/m0/s1. The summed E-state index contributed by atoms with van der Waals surface area (Å²) < 4.78 is 61.5. The van der Waals surface area contributed by atoms with E-state index in [4.69, 9.17) is 63.7 Å². The van der Waals surface area contributed by atoms with Gasteiger partial charge in [-0.1, -0.05) is 56.3 Å². The van der Waals surface area contributed by atoms with Gasteiger partial charge in [-0.05, 0) is 88.9 Å². The highest BCUT2D eigenvalue weighted by Crippen LogP contribution is 2.47. The number of anilines is 2. The third-order valence-corrected chi connectivity index (χ3v) is 12.1. The average Bonchev–Trinajstić information content (AvgIpc) is 4.01. The predicted octanol–water partition coefficient (Wildman–Crippen LogP) is 6.88. The number of carbonyl (C=O) groups is 5. The van der Waals surface area contributed by atoms with Gasteiger partial charge in [0.1, 0.15) is 28.9 Å². The SMILES string of the molecule is CC(C)[C@H](NC(=O)CCOCCOCCOCCOCCOCCOCCOCCOCCNC(=O)OC(C)(C)C)C(=O)N[C@@H](C)C(=O)Nc1ccc(CO[C@]2(CCl)CN(C(=O)OC(C)(C)C)c3ccc4ccccc4c32)cc1. The number of halogens is 1. The van der Waals surface area contributed by atoms with Gasteiger partial charge in [0.2, 0.25) is 17.7 Å². The molecule has 1 heterocycles. The zero-order valence-electron chi connectivity index (χ0n) is 47.7. The molecule has 0 aromatic heterocycles. The number of alkyl halides is 1. The van der Waals surface area contributed by atoms with Crippen LogP contribution in [0.2, 0.25) is 0 Å². The Morgan fingerprint density at radius 2 is 1.11 bits per heavy atom. The van der Waals surface area contributed by atoms with Gasteiger partial charge in [0.25, 0.3) is 0 Å². The van der Waals surface area contributed by atoms with Crippen molar-refractivity contribution in [2.45, 2.75) is 104 Å². The van der Waals surface area contributed by atoms with E-state index in [1.165, 1.54) is 0 Å². The predicted molar refractivity (Wildman–Crippen MR) is 300 cm³/mol. The largest absolute Gasteiger partial charge is 0.444 e. The van der Waals surface area contributed by atoms with Crippen molar-refractivity contribution in [2.24, 2.45) is 5.92 Å². The van der Waals surface area contributed by atoms with Gasteiger partial charge in [0.15, 0.2) is 0 Å². The lowest BCUT2D eigenvalue weighted by atomic mass is 9.92. The summed E-state index contributed by atoms with van der Waals surface area (Å²) in [7, 11) is 0. The van der Waals surface area contributed by atoms with E-state index in [0.717, 1.165) is 21.9 Å². The van der Waals surface area contributed by atoms with Crippen LogP contribution < -0.4 is 26.2 Å². The van der Waals surface area contributed by atoms with E-state index in [0.29, 0.717) is 110 Å². The van der Waals surface area contributed by atoms with Crippen molar-refractivity contribution < 1.29 is 76.1 Å². The number of nitrogens with zero attached hydrogens (tertiary/aromatic N) is 1. The Kier molecular flexibility index (Phi) is 29.2. The van der Waals surface area contributed by atoms with E-state index in [9.17, 15) is 24.0 Å². The van der Waals surface area contributed by atoms with E-state index < -0.39 is 52.9 Å². The fraction of sp³-hybridized carbons (Fsp3) is 0.632. The quantitative estimate of drug-likeness (QED) is 0.0340. The molecule has 5 amide bonds. The normalized spacial score (nSPS) is 15.2. The minimum Gasteiger partial charge on any atom is -0.444 e. The Bertz CT molecular complexity index is 2310. The Hall–Kier alpha value is -5.20. The summed E-state index contributed by atoms with van der Waals surface area (Å²) in [4.78, 5) is 65.9. The van der Waals surface area contributed by atoms with Gasteiger partial charge in [-0.25, -0.2) is 9.59 Å². The molecule has 4 rings (SSSR count). The van der Waals surface area contributed by atoms with Gasteiger partial charge in [-0.3, -0.25) is 19.3 Å². The topological polar surface area (TPSA) is 238 Å². The number of carbonyl (C=O) groups excluding carboxylic acids is 5. The molecule has 22 heteroatoms. The van der Waals surface area contributed by atoms with Crippen LogP contribution >= 0.6 is 11.6 Å². The summed E-state index contributed by atoms with van der Waals surface area (Å²) in [6, 6.07) is 17.1. The number of hydrogen-bond donors (Lipinski definition) is 4. The van der Waals surface area contributed by atoms with Crippen molar-refractivity contribution in [3.8, 4) is 0 Å². The first-order valence-electron chi connectivity index (χ1n) is 27.0. The van der Waals surface area contributed by atoms with Crippen molar-refractivity contribution in [1.29, 1.82) is 0 Å². The van der Waals surface area contributed by atoms with Crippen LogP contribution in [0.3, 0.4) is 0 Å². The van der Waals surface area contributed by atoms with Crippen molar-refractivity contribution >= 4 is 63.7 Å². The zero-order valence-corrected chi connectivity index (χ0v) is 48.5. The van der Waals surface area contributed by atoms with Crippen LogP contribution in [0.5, 0.6) is 0 Å². The van der Waals surface area contributed by atoms with Crippen LogP contribution in [-0.2, 0) is 78.7 Å². The number of ether oxygens (including phenoxy) is 11. The molecule has 21 nitrogen and oxygen atoms in total. The van der Waals surface area contributed by atoms with Crippen LogP contribution in [0.4, 0.5) is 21.0 Å². The smallest absolute Gasteiger partial charge is 0.414 e. The van der Waals surface area contributed by atoms with E-state index >= 15 is 0 Å². The van der Waals surface area contributed by atoms with Gasteiger partial charge in [0.05, 0.1) is 130 Å². The molecule has 3 atom stereocenters. The Labute approximate surface area is 470 Å². The molecule has 0 bridgehead atoms. The lowest BCUT2D eigenvalue weighted by Crippen LogP contribution is -2.53. The van der Waals surface area contributed by atoms with E-state index in [2.05, 4.69) is 21.3 Å². The van der Waals surface area contributed by atoms with E-state index in [1.54, 1.807) is 58.6 Å². The third kappa shape index (κ3) is 25.0. The Balaban J connectivity index is 0.997. The number of hydrogen-bond acceptors (Lipinski definition) is 16. The lowest BCUT2D eigenvalue weighted by Gasteiger charge is -2.30. The summed E-state index contributed by atoms with van der Waals surface area (Å²) in [5, 5.41) is 12.9. The molecule has 3 aromatic carbocycles. The molecule has 1 aliphatic rings. The maximum Gasteiger partial charge on any atom is 0.414 e.